The highest BCUT2D eigenvalue weighted by Crippen LogP contribution is 2.21. The minimum atomic E-state index is -0.296. The van der Waals surface area contributed by atoms with Crippen LogP contribution < -0.4 is 5.32 Å². The molecule has 3 aromatic rings. The van der Waals surface area contributed by atoms with Crippen molar-refractivity contribution in [3.05, 3.63) is 114 Å². The number of rotatable bonds is 5. The molecule has 0 heterocycles. The third-order valence-corrected chi connectivity index (χ3v) is 3.85. The molecule has 3 aromatic carbocycles. The lowest BCUT2D eigenvalue weighted by molar-refractivity contribution is -0.116. The van der Waals surface area contributed by atoms with Gasteiger partial charge in [-0.05, 0) is 34.9 Å². The first-order valence-corrected chi connectivity index (χ1v) is 8.06. The topological polar surface area (TPSA) is 29.1 Å². The molecule has 2 nitrogen and oxygen atoms in total. The highest BCUT2D eigenvalue weighted by atomic mass is 19.1. The molecule has 0 aromatic heterocycles. The molecule has 0 saturated heterocycles. The van der Waals surface area contributed by atoms with Crippen LogP contribution in [0.5, 0.6) is 0 Å². The molecule has 0 fully saturated rings. The fourth-order valence-electron chi connectivity index (χ4n) is 2.59. The minimum Gasteiger partial charge on any atom is -0.342 e. The zero-order chi connectivity index (χ0) is 17.5. The van der Waals surface area contributed by atoms with E-state index in [-0.39, 0.29) is 17.8 Å². The molecule has 3 heteroatoms. The van der Waals surface area contributed by atoms with Crippen molar-refractivity contribution in [3.8, 4) is 0 Å². The molecule has 0 spiro atoms. The van der Waals surface area contributed by atoms with Crippen LogP contribution in [0, 0.1) is 5.82 Å². The number of hydrogen-bond acceptors (Lipinski definition) is 1. The standard InChI is InChI=1S/C22H18FNO/c23-20-14-11-17(12-15-20)13-16-21(25)24-22(18-7-3-1-4-8-18)19-9-5-2-6-10-19/h1-16,22H,(H,24,25). The van der Waals surface area contributed by atoms with Crippen LogP contribution in [0.3, 0.4) is 0 Å². The zero-order valence-corrected chi connectivity index (χ0v) is 13.6. The van der Waals surface area contributed by atoms with Crippen molar-refractivity contribution >= 4 is 12.0 Å². The van der Waals surface area contributed by atoms with Crippen LogP contribution in [0.25, 0.3) is 6.08 Å². The van der Waals surface area contributed by atoms with E-state index in [0.717, 1.165) is 16.7 Å². The summed E-state index contributed by atoms with van der Waals surface area (Å²) in [5.74, 6) is -0.503. The number of nitrogens with one attached hydrogen (secondary N) is 1. The van der Waals surface area contributed by atoms with Crippen molar-refractivity contribution in [2.24, 2.45) is 0 Å². The van der Waals surface area contributed by atoms with E-state index in [1.165, 1.54) is 18.2 Å². The van der Waals surface area contributed by atoms with E-state index in [4.69, 9.17) is 0 Å². The number of carbonyl (C=O) groups excluding carboxylic acids is 1. The summed E-state index contributed by atoms with van der Waals surface area (Å²) in [7, 11) is 0. The molecule has 3 rings (SSSR count). The molecule has 0 bridgehead atoms. The Labute approximate surface area is 146 Å². The number of benzene rings is 3. The fourth-order valence-corrected chi connectivity index (χ4v) is 2.59. The van der Waals surface area contributed by atoms with Crippen molar-refractivity contribution < 1.29 is 9.18 Å². The summed E-state index contributed by atoms with van der Waals surface area (Å²) in [4.78, 5) is 12.4. The Morgan fingerprint density at radius 2 is 1.32 bits per heavy atom. The summed E-state index contributed by atoms with van der Waals surface area (Å²) >= 11 is 0. The molecular weight excluding hydrogens is 313 g/mol. The van der Waals surface area contributed by atoms with Crippen LogP contribution in [0.1, 0.15) is 22.7 Å². The second-order valence-electron chi connectivity index (χ2n) is 5.65. The predicted molar refractivity (Wildman–Crippen MR) is 98.3 cm³/mol. The summed E-state index contributed by atoms with van der Waals surface area (Å²) in [5, 5.41) is 3.03. The highest BCUT2D eigenvalue weighted by Gasteiger charge is 2.15. The summed E-state index contributed by atoms with van der Waals surface area (Å²) in [6.45, 7) is 0. The maximum Gasteiger partial charge on any atom is 0.244 e. The van der Waals surface area contributed by atoms with Gasteiger partial charge in [0.1, 0.15) is 5.82 Å². The van der Waals surface area contributed by atoms with E-state index in [2.05, 4.69) is 5.32 Å². The first-order valence-electron chi connectivity index (χ1n) is 8.06. The van der Waals surface area contributed by atoms with Gasteiger partial charge in [0.05, 0.1) is 6.04 Å². The highest BCUT2D eigenvalue weighted by molar-refractivity contribution is 5.92. The largest absolute Gasteiger partial charge is 0.342 e. The smallest absolute Gasteiger partial charge is 0.244 e. The minimum absolute atomic E-state index is 0.206. The van der Waals surface area contributed by atoms with Gasteiger partial charge in [0.15, 0.2) is 0 Å². The molecule has 0 unspecified atom stereocenters. The Hall–Kier alpha value is -3.20. The molecule has 25 heavy (non-hydrogen) atoms. The van der Waals surface area contributed by atoms with Crippen molar-refractivity contribution in [1.29, 1.82) is 0 Å². The van der Waals surface area contributed by atoms with Gasteiger partial charge < -0.3 is 5.32 Å². The van der Waals surface area contributed by atoms with Crippen LogP contribution in [0.4, 0.5) is 4.39 Å². The number of amides is 1. The zero-order valence-electron chi connectivity index (χ0n) is 13.6. The van der Waals surface area contributed by atoms with Gasteiger partial charge >= 0.3 is 0 Å². The van der Waals surface area contributed by atoms with Crippen molar-refractivity contribution in [3.63, 3.8) is 0 Å². The Balaban J connectivity index is 1.78. The fraction of sp³-hybridized carbons (Fsp3) is 0.0455. The monoisotopic (exact) mass is 331 g/mol. The second-order valence-corrected chi connectivity index (χ2v) is 5.65. The third-order valence-electron chi connectivity index (χ3n) is 3.85. The first-order chi connectivity index (χ1) is 12.2. The van der Waals surface area contributed by atoms with Crippen LogP contribution in [-0.2, 0) is 4.79 Å². The normalized spacial score (nSPS) is 11.0. The molecule has 0 saturated carbocycles. The van der Waals surface area contributed by atoms with Crippen LogP contribution in [-0.4, -0.2) is 5.91 Å². The van der Waals surface area contributed by atoms with Gasteiger partial charge in [-0.15, -0.1) is 0 Å². The Morgan fingerprint density at radius 1 is 0.800 bits per heavy atom. The van der Waals surface area contributed by atoms with E-state index >= 15 is 0 Å². The first kappa shape index (κ1) is 16.7. The summed E-state index contributed by atoms with van der Waals surface area (Å²) in [6, 6.07) is 25.4. The summed E-state index contributed by atoms with van der Waals surface area (Å²) in [5.41, 5.74) is 2.79. The van der Waals surface area contributed by atoms with E-state index in [1.807, 2.05) is 60.7 Å². The molecular formula is C22H18FNO. The maximum absolute atomic E-state index is 12.9. The SMILES string of the molecule is O=C(C=Cc1ccc(F)cc1)NC(c1ccccc1)c1ccccc1. The molecule has 0 aliphatic carbocycles. The Kier molecular flexibility index (Phi) is 5.37. The van der Waals surface area contributed by atoms with E-state index in [9.17, 15) is 9.18 Å². The van der Waals surface area contributed by atoms with Crippen molar-refractivity contribution in [2.45, 2.75) is 6.04 Å². The summed E-state index contributed by atoms with van der Waals surface area (Å²) in [6.07, 6.45) is 3.13. The quantitative estimate of drug-likeness (QED) is 0.672. The second kappa shape index (κ2) is 8.06. The molecule has 124 valence electrons. The van der Waals surface area contributed by atoms with E-state index in [1.54, 1.807) is 18.2 Å². The maximum atomic E-state index is 12.9. The van der Waals surface area contributed by atoms with Gasteiger partial charge in [-0.1, -0.05) is 72.8 Å². The van der Waals surface area contributed by atoms with Crippen LogP contribution in [0.15, 0.2) is 91.0 Å². The number of hydrogen-bond donors (Lipinski definition) is 1. The van der Waals surface area contributed by atoms with Crippen molar-refractivity contribution in [1.82, 2.24) is 5.32 Å². The molecule has 1 amide bonds. The average Bonchev–Trinajstić information content (AvgIpc) is 2.67. The van der Waals surface area contributed by atoms with Gasteiger partial charge in [-0.25, -0.2) is 4.39 Å². The lowest BCUT2D eigenvalue weighted by atomic mass is 9.98. The molecule has 0 atom stereocenters. The van der Waals surface area contributed by atoms with E-state index in [0.29, 0.717) is 0 Å². The van der Waals surface area contributed by atoms with Gasteiger partial charge in [0.25, 0.3) is 0 Å². The molecule has 0 aliphatic heterocycles. The van der Waals surface area contributed by atoms with Gasteiger partial charge in [0.2, 0.25) is 5.91 Å². The van der Waals surface area contributed by atoms with Crippen LogP contribution >= 0.6 is 0 Å². The number of halogens is 1. The van der Waals surface area contributed by atoms with Crippen LogP contribution in [0.2, 0.25) is 0 Å². The molecule has 1 N–H and O–H groups in total. The predicted octanol–water partition coefficient (Wildman–Crippen LogP) is 4.74. The van der Waals surface area contributed by atoms with Crippen molar-refractivity contribution in [2.75, 3.05) is 0 Å². The average molecular weight is 331 g/mol. The lowest BCUT2D eigenvalue weighted by Crippen LogP contribution is -2.27. The third kappa shape index (κ3) is 4.64. The Bertz CT molecular complexity index is 803. The van der Waals surface area contributed by atoms with Gasteiger partial charge in [-0.2, -0.15) is 0 Å². The molecule has 0 aliphatic rings. The summed E-state index contributed by atoms with van der Waals surface area (Å²) < 4.78 is 12.9. The van der Waals surface area contributed by atoms with Gasteiger partial charge in [0, 0.05) is 6.08 Å². The molecule has 0 radical (unpaired) electrons. The van der Waals surface area contributed by atoms with E-state index < -0.39 is 0 Å². The van der Waals surface area contributed by atoms with Gasteiger partial charge in [-0.3, -0.25) is 4.79 Å². The number of carbonyl (C=O) groups is 1. The lowest BCUT2D eigenvalue weighted by Gasteiger charge is -2.19. The Morgan fingerprint density at radius 3 is 1.84 bits per heavy atom.